The average Bonchev–Trinajstić information content (AvgIpc) is 2.28. The van der Waals surface area contributed by atoms with Crippen LogP contribution >= 0.6 is 0 Å². The Hall–Kier alpha value is -1.79. The Kier molecular flexibility index (Phi) is 2.68. The van der Waals surface area contributed by atoms with Gasteiger partial charge < -0.3 is 10.2 Å². The number of anilines is 1. The van der Waals surface area contributed by atoms with Crippen molar-refractivity contribution in [1.29, 1.82) is 0 Å². The minimum Gasteiger partial charge on any atom is -0.334 e. The zero-order valence-electron chi connectivity index (χ0n) is 8.95. The van der Waals surface area contributed by atoms with Crippen LogP contribution in [0.4, 0.5) is 19.0 Å². The van der Waals surface area contributed by atoms with Gasteiger partial charge in [0.15, 0.2) is 0 Å². The van der Waals surface area contributed by atoms with E-state index in [1.165, 1.54) is 18.3 Å². The molecule has 0 aliphatic carbocycles. The summed E-state index contributed by atoms with van der Waals surface area (Å²) in [5.74, 6) is -0.334. The average molecular weight is 245 g/mol. The third-order valence-corrected chi connectivity index (χ3v) is 2.65. The number of hydrogen-bond donors (Lipinski definition) is 1. The van der Waals surface area contributed by atoms with Gasteiger partial charge in [-0.3, -0.25) is 4.79 Å². The molecule has 92 valence electrons. The van der Waals surface area contributed by atoms with Crippen molar-refractivity contribution in [3.05, 3.63) is 23.9 Å². The van der Waals surface area contributed by atoms with E-state index < -0.39 is 18.1 Å². The van der Waals surface area contributed by atoms with Gasteiger partial charge in [0.1, 0.15) is 11.9 Å². The van der Waals surface area contributed by atoms with Crippen LogP contribution in [-0.2, 0) is 0 Å². The van der Waals surface area contributed by atoms with Crippen molar-refractivity contribution in [2.45, 2.75) is 19.1 Å². The molecule has 1 aromatic heterocycles. The van der Waals surface area contributed by atoms with Crippen LogP contribution in [0.15, 0.2) is 18.3 Å². The topological polar surface area (TPSA) is 45.2 Å². The number of amides is 1. The maximum atomic E-state index is 12.6. The highest BCUT2D eigenvalue weighted by atomic mass is 19.4. The number of fused-ring (bicyclic) bond motifs is 1. The molecular formula is C10H10F3N3O. The molecule has 1 N–H and O–H groups in total. The lowest BCUT2D eigenvalue weighted by atomic mass is 10.1. The van der Waals surface area contributed by atoms with Crippen molar-refractivity contribution < 1.29 is 18.0 Å². The van der Waals surface area contributed by atoms with E-state index in [0.717, 1.165) is 11.8 Å². The van der Waals surface area contributed by atoms with Crippen LogP contribution in [0.25, 0.3) is 0 Å². The Labute approximate surface area is 95.4 Å². The van der Waals surface area contributed by atoms with E-state index >= 15 is 0 Å². The van der Waals surface area contributed by atoms with E-state index in [0.29, 0.717) is 0 Å². The number of halogens is 3. The molecule has 1 aliphatic heterocycles. The van der Waals surface area contributed by atoms with Crippen LogP contribution in [0.3, 0.4) is 0 Å². The summed E-state index contributed by atoms with van der Waals surface area (Å²) in [5.41, 5.74) is 0.162. The van der Waals surface area contributed by atoms with Crippen LogP contribution in [0, 0.1) is 0 Å². The molecular weight excluding hydrogens is 235 g/mol. The molecule has 1 unspecified atom stereocenters. The molecule has 2 rings (SSSR count). The second-order valence-electron chi connectivity index (χ2n) is 3.73. The molecule has 0 fully saturated rings. The Bertz CT molecular complexity index is 447. The van der Waals surface area contributed by atoms with Crippen LogP contribution < -0.4 is 10.2 Å². The van der Waals surface area contributed by atoms with Gasteiger partial charge in [-0.15, -0.1) is 0 Å². The second-order valence-corrected chi connectivity index (χ2v) is 3.73. The van der Waals surface area contributed by atoms with Gasteiger partial charge in [0.25, 0.3) is 5.91 Å². The molecule has 0 bridgehead atoms. The van der Waals surface area contributed by atoms with Crippen molar-refractivity contribution in [3.63, 3.8) is 0 Å². The van der Waals surface area contributed by atoms with Crippen molar-refractivity contribution in [2.75, 3.05) is 11.6 Å². The smallest absolute Gasteiger partial charge is 0.334 e. The number of carbonyl (C=O) groups excluding carboxylic acids is 1. The molecule has 17 heavy (non-hydrogen) atoms. The lowest BCUT2D eigenvalue weighted by Gasteiger charge is -2.35. The summed E-state index contributed by atoms with van der Waals surface area (Å²) >= 11 is 0. The highest BCUT2D eigenvalue weighted by Crippen LogP contribution is 2.30. The van der Waals surface area contributed by atoms with Gasteiger partial charge in [0, 0.05) is 6.20 Å². The molecule has 0 radical (unpaired) electrons. The molecule has 0 aromatic carbocycles. The van der Waals surface area contributed by atoms with Crippen molar-refractivity contribution in [1.82, 2.24) is 10.3 Å². The first kappa shape index (κ1) is 11.7. The molecule has 0 saturated heterocycles. The van der Waals surface area contributed by atoms with Crippen molar-refractivity contribution >= 4 is 11.7 Å². The monoisotopic (exact) mass is 245 g/mol. The number of rotatable bonds is 1. The maximum absolute atomic E-state index is 12.6. The van der Waals surface area contributed by atoms with Crippen LogP contribution in [0.1, 0.15) is 17.3 Å². The summed E-state index contributed by atoms with van der Waals surface area (Å²) in [5, 5.41) is 2.39. The number of aromatic nitrogens is 1. The van der Waals surface area contributed by atoms with E-state index in [1.54, 1.807) is 0 Å². The van der Waals surface area contributed by atoms with Crippen LogP contribution in [0.5, 0.6) is 0 Å². The van der Waals surface area contributed by atoms with Gasteiger partial charge in [0.05, 0.1) is 12.2 Å². The first-order valence-corrected chi connectivity index (χ1v) is 4.98. The Morgan fingerprint density at radius 3 is 2.88 bits per heavy atom. The van der Waals surface area contributed by atoms with Crippen molar-refractivity contribution in [2.24, 2.45) is 0 Å². The van der Waals surface area contributed by atoms with E-state index in [1.807, 2.05) is 0 Å². The SMILES string of the molecule is CC(N1CNC(=O)c2cccnc21)C(F)(F)F. The fraction of sp³-hybridized carbons (Fsp3) is 0.400. The highest BCUT2D eigenvalue weighted by molar-refractivity contribution is 6.00. The Balaban J connectivity index is 2.40. The Morgan fingerprint density at radius 2 is 2.24 bits per heavy atom. The molecule has 0 spiro atoms. The maximum Gasteiger partial charge on any atom is 0.408 e. The molecule has 2 heterocycles. The number of alkyl halides is 3. The lowest BCUT2D eigenvalue weighted by Crippen LogP contribution is -2.52. The normalized spacial score (nSPS) is 17.4. The van der Waals surface area contributed by atoms with Gasteiger partial charge in [-0.2, -0.15) is 13.2 Å². The summed E-state index contributed by atoms with van der Waals surface area (Å²) in [6.45, 7) is 0.847. The second kappa shape index (κ2) is 3.90. The fourth-order valence-corrected chi connectivity index (χ4v) is 1.63. The zero-order valence-corrected chi connectivity index (χ0v) is 8.95. The summed E-state index contributed by atoms with van der Waals surface area (Å²) in [4.78, 5) is 16.3. The summed E-state index contributed by atoms with van der Waals surface area (Å²) in [6.07, 6.45) is -3.00. The molecule has 1 atom stereocenters. The molecule has 7 heteroatoms. The molecule has 1 aliphatic rings. The van der Waals surface area contributed by atoms with E-state index in [-0.39, 0.29) is 18.1 Å². The van der Waals surface area contributed by atoms with E-state index in [9.17, 15) is 18.0 Å². The van der Waals surface area contributed by atoms with E-state index in [2.05, 4.69) is 10.3 Å². The van der Waals surface area contributed by atoms with Crippen LogP contribution in [-0.4, -0.2) is 29.8 Å². The molecule has 0 saturated carbocycles. The quantitative estimate of drug-likeness (QED) is 0.816. The summed E-state index contributed by atoms with van der Waals surface area (Å²) < 4.78 is 37.9. The summed E-state index contributed by atoms with van der Waals surface area (Å²) in [7, 11) is 0. The number of nitrogens with one attached hydrogen (secondary N) is 1. The standard InChI is InChI=1S/C10H10F3N3O/c1-6(10(11,12)13)16-5-15-9(17)7-3-2-4-14-8(7)16/h2-4,6H,5H2,1H3,(H,15,17). The molecule has 1 aromatic rings. The van der Waals surface area contributed by atoms with E-state index in [4.69, 9.17) is 0 Å². The van der Waals surface area contributed by atoms with Gasteiger partial charge in [-0.1, -0.05) is 0 Å². The van der Waals surface area contributed by atoms with Crippen LogP contribution in [0.2, 0.25) is 0 Å². The number of carbonyl (C=O) groups is 1. The summed E-state index contributed by atoms with van der Waals surface area (Å²) in [6, 6.07) is 1.27. The minimum atomic E-state index is -4.36. The molecule has 1 amide bonds. The first-order valence-electron chi connectivity index (χ1n) is 4.98. The third kappa shape index (κ3) is 2.04. The molecule has 4 nitrogen and oxygen atoms in total. The lowest BCUT2D eigenvalue weighted by molar-refractivity contribution is -0.145. The Morgan fingerprint density at radius 1 is 1.53 bits per heavy atom. The predicted molar refractivity (Wildman–Crippen MR) is 54.6 cm³/mol. The number of hydrogen-bond acceptors (Lipinski definition) is 3. The zero-order chi connectivity index (χ0) is 12.6. The van der Waals surface area contributed by atoms with Gasteiger partial charge >= 0.3 is 6.18 Å². The van der Waals surface area contributed by atoms with Crippen molar-refractivity contribution in [3.8, 4) is 0 Å². The third-order valence-electron chi connectivity index (χ3n) is 2.65. The minimum absolute atomic E-state index is 0.0704. The largest absolute Gasteiger partial charge is 0.408 e. The fourth-order valence-electron chi connectivity index (χ4n) is 1.63. The number of nitrogens with zero attached hydrogens (tertiary/aromatic N) is 2. The van der Waals surface area contributed by atoms with Gasteiger partial charge in [-0.25, -0.2) is 4.98 Å². The van der Waals surface area contributed by atoms with Gasteiger partial charge in [-0.05, 0) is 19.1 Å². The predicted octanol–water partition coefficient (Wildman–Crippen LogP) is 1.54. The first-order chi connectivity index (χ1) is 7.91. The van der Waals surface area contributed by atoms with Gasteiger partial charge in [0.2, 0.25) is 0 Å². The highest BCUT2D eigenvalue weighted by Gasteiger charge is 2.42. The number of pyridine rings is 1.